The van der Waals surface area contributed by atoms with Crippen molar-refractivity contribution in [1.82, 2.24) is 4.31 Å². The number of carbonyl (C=O) groups excluding carboxylic acids is 1. The van der Waals surface area contributed by atoms with E-state index in [4.69, 9.17) is 11.6 Å². The maximum atomic E-state index is 13.0. The van der Waals surface area contributed by atoms with Crippen LogP contribution >= 0.6 is 23.4 Å². The number of nitrogens with zero attached hydrogens (tertiary/aromatic N) is 1. The van der Waals surface area contributed by atoms with Gasteiger partial charge in [-0.05, 0) is 67.3 Å². The summed E-state index contributed by atoms with van der Waals surface area (Å²) >= 11 is 8.01. The summed E-state index contributed by atoms with van der Waals surface area (Å²) in [5.74, 6) is 0.384. The van der Waals surface area contributed by atoms with E-state index in [1.54, 1.807) is 11.8 Å². The van der Waals surface area contributed by atoms with E-state index >= 15 is 0 Å². The summed E-state index contributed by atoms with van der Waals surface area (Å²) in [7, 11) is -3.64. The Kier molecular flexibility index (Phi) is 7.44. The lowest BCUT2D eigenvalue weighted by atomic mass is 10.1. The Bertz CT molecular complexity index is 1260. The summed E-state index contributed by atoms with van der Waals surface area (Å²) in [6.07, 6.45) is 1.69. The second kappa shape index (κ2) is 10.3. The molecule has 1 saturated heterocycles. The van der Waals surface area contributed by atoms with Gasteiger partial charge in [0.2, 0.25) is 10.0 Å². The number of rotatable bonds is 7. The van der Waals surface area contributed by atoms with Gasteiger partial charge in [0.25, 0.3) is 5.91 Å². The van der Waals surface area contributed by atoms with Crippen LogP contribution in [0.5, 0.6) is 0 Å². The molecule has 1 aliphatic rings. The van der Waals surface area contributed by atoms with Crippen molar-refractivity contribution in [2.45, 2.75) is 35.3 Å². The van der Waals surface area contributed by atoms with Crippen LogP contribution in [0.15, 0.2) is 76.5 Å². The number of aryl methyl sites for hydroxylation is 1. The first-order valence-corrected chi connectivity index (χ1v) is 13.5. The molecule has 5 nitrogen and oxygen atoms in total. The first kappa shape index (κ1) is 23.8. The average Bonchev–Trinajstić information content (AvgIpc) is 3.36. The number of sulfonamides is 1. The van der Waals surface area contributed by atoms with E-state index in [0.29, 0.717) is 18.8 Å². The Labute approximate surface area is 204 Å². The Morgan fingerprint density at radius 2 is 1.76 bits per heavy atom. The van der Waals surface area contributed by atoms with E-state index in [1.165, 1.54) is 27.4 Å². The van der Waals surface area contributed by atoms with Gasteiger partial charge in [0.05, 0.1) is 15.5 Å². The molecule has 3 aromatic rings. The molecular weight excluding hydrogens is 476 g/mol. The van der Waals surface area contributed by atoms with Crippen molar-refractivity contribution >= 4 is 45.0 Å². The van der Waals surface area contributed by atoms with Crippen LogP contribution in [-0.2, 0) is 15.8 Å². The van der Waals surface area contributed by atoms with Crippen molar-refractivity contribution < 1.29 is 13.2 Å². The third-order valence-corrected chi connectivity index (χ3v) is 8.88. The summed E-state index contributed by atoms with van der Waals surface area (Å²) in [5.41, 5.74) is 2.87. The zero-order valence-electron chi connectivity index (χ0n) is 18.3. The number of halogens is 1. The molecule has 1 heterocycles. The molecule has 1 fully saturated rings. The number of thioether (sulfide) groups is 1. The molecule has 33 heavy (non-hydrogen) atoms. The zero-order valence-corrected chi connectivity index (χ0v) is 20.6. The van der Waals surface area contributed by atoms with Crippen LogP contribution in [0.25, 0.3) is 0 Å². The molecule has 0 spiro atoms. The van der Waals surface area contributed by atoms with Gasteiger partial charge in [0.15, 0.2) is 0 Å². The van der Waals surface area contributed by atoms with E-state index in [1.807, 2.05) is 43.3 Å². The van der Waals surface area contributed by atoms with Gasteiger partial charge >= 0.3 is 0 Å². The topological polar surface area (TPSA) is 66.5 Å². The molecule has 0 saturated carbocycles. The van der Waals surface area contributed by atoms with Gasteiger partial charge in [0, 0.05) is 29.4 Å². The van der Waals surface area contributed by atoms with Gasteiger partial charge in [-0.25, -0.2) is 8.42 Å². The van der Waals surface area contributed by atoms with Crippen molar-refractivity contribution in [2.24, 2.45) is 0 Å². The van der Waals surface area contributed by atoms with Crippen LogP contribution in [0.2, 0.25) is 5.02 Å². The second-order valence-electron chi connectivity index (χ2n) is 7.96. The number of anilines is 1. The Balaban J connectivity index is 1.48. The van der Waals surface area contributed by atoms with Crippen molar-refractivity contribution in [2.75, 3.05) is 18.4 Å². The maximum absolute atomic E-state index is 13.0. The normalized spacial score (nSPS) is 14.4. The molecule has 0 radical (unpaired) electrons. The molecule has 0 aliphatic carbocycles. The van der Waals surface area contributed by atoms with Crippen LogP contribution in [0.4, 0.5) is 5.69 Å². The maximum Gasteiger partial charge on any atom is 0.257 e. The summed E-state index contributed by atoms with van der Waals surface area (Å²) in [5, 5.41) is 3.09. The minimum absolute atomic E-state index is 0.0870. The standard InChI is InChI=1S/C25H25ClN2O3S2/c1-18-15-19(17-32-20-7-3-2-4-8-20)9-12-24(18)27-25(29)22-16-21(10-11-23(22)26)33(30,31)28-13-5-6-14-28/h2-4,7-12,15-16H,5-6,13-14,17H2,1H3,(H,27,29). The summed E-state index contributed by atoms with van der Waals surface area (Å²) < 4.78 is 27.2. The van der Waals surface area contributed by atoms with E-state index < -0.39 is 15.9 Å². The molecule has 0 unspecified atom stereocenters. The Morgan fingerprint density at radius 1 is 1.03 bits per heavy atom. The summed E-state index contributed by atoms with van der Waals surface area (Å²) in [6.45, 7) is 2.93. The lowest BCUT2D eigenvalue weighted by Crippen LogP contribution is -2.28. The molecule has 1 aliphatic heterocycles. The molecule has 1 N–H and O–H groups in total. The summed E-state index contributed by atoms with van der Waals surface area (Å²) in [4.78, 5) is 14.3. The van der Waals surface area contributed by atoms with E-state index in [0.717, 1.165) is 29.7 Å². The van der Waals surface area contributed by atoms with Gasteiger partial charge in [-0.3, -0.25) is 4.79 Å². The summed E-state index contributed by atoms with van der Waals surface area (Å²) in [6, 6.07) is 20.4. The molecule has 0 atom stereocenters. The fourth-order valence-corrected chi connectivity index (χ4v) is 6.35. The highest BCUT2D eigenvalue weighted by atomic mass is 35.5. The van der Waals surface area contributed by atoms with Gasteiger partial charge < -0.3 is 5.32 Å². The number of nitrogens with one attached hydrogen (secondary N) is 1. The molecule has 0 bridgehead atoms. The third kappa shape index (κ3) is 5.61. The highest BCUT2D eigenvalue weighted by Gasteiger charge is 2.28. The van der Waals surface area contributed by atoms with Crippen LogP contribution in [0, 0.1) is 6.92 Å². The van der Waals surface area contributed by atoms with E-state index in [9.17, 15) is 13.2 Å². The molecule has 172 valence electrons. The molecule has 3 aromatic carbocycles. The Hall–Kier alpha value is -2.32. The molecule has 4 rings (SSSR count). The zero-order chi connectivity index (χ0) is 23.4. The lowest BCUT2D eigenvalue weighted by molar-refractivity contribution is 0.102. The van der Waals surface area contributed by atoms with Crippen molar-refractivity contribution in [3.05, 3.63) is 88.4 Å². The van der Waals surface area contributed by atoms with Gasteiger partial charge in [0.1, 0.15) is 0 Å². The van der Waals surface area contributed by atoms with Crippen molar-refractivity contribution in [1.29, 1.82) is 0 Å². The van der Waals surface area contributed by atoms with E-state index in [-0.39, 0.29) is 15.5 Å². The molecular formula is C25H25ClN2O3S2. The van der Waals surface area contributed by atoms with Gasteiger partial charge in [-0.15, -0.1) is 11.8 Å². The highest BCUT2D eigenvalue weighted by molar-refractivity contribution is 7.98. The largest absolute Gasteiger partial charge is 0.322 e. The van der Waals surface area contributed by atoms with Crippen LogP contribution in [0.1, 0.15) is 34.3 Å². The first-order chi connectivity index (χ1) is 15.8. The number of amides is 1. The van der Waals surface area contributed by atoms with Crippen molar-refractivity contribution in [3.8, 4) is 0 Å². The first-order valence-electron chi connectivity index (χ1n) is 10.7. The smallest absolute Gasteiger partial charge is 0.257 e. The average molecular weight is 501 g/mol. The quantitative estimate of drug-likeness (QED) is 0.405. The number of benzene rings is 3. The Morgan fingerprint density at radius 3 is 2.45 bits per heavy atom. The minimum atomic E-state index is -3.64. The van der Waals surface area contributed by atoms with E-state index in [2.05, 4.69) is 17.4 Å². The van der Waals surface area contributed by atoms with Crippen LogP contribution < -0.4 is 5.32 Å². The van der Waals surface area contributed by atoms with Gasteiger partial charge in [-0.1, -0.05) is 41.9 Å². The predicted octanol–water partition coefficient (Wildman–Crippen LogP) is 5.98. The SMILES string of the molecule is Cc1cc(CSc2ccccc2)ccc1NC(=O)c1cc(S(=O)(=O)N2CCCC2)ccc1Cl. The van der Waals surface area contributed by atoms with Crippen LogP contribution in [-0.4, -0.2) is 31.7 Å². The van der Waals surface area contributed by atoms with Crippen molar-refractivity contribution in [3.63, 3.8) is 0 Å². The minimum Gasteiger partial charge on any atom is -0.322 e. The fraction of sp³-hybridized carbons (Fsp3) is 0.240. The monoisotopic (exact) mass is 500 g/mol. The number of hydrogen-bond acceptors (Lipinski definition) is 4. The predicted molar refractivity (Wildman–Crippen MR) is 135 cm³/mol. The molecule has 1 amide bonds. The lowest BCUT2D eigenvalue weighted by Gasteiger charge is -2.17. The molecule has 8 heteroatoms. The fourth-order valence-electron chi connectivity index (χ4n) is 3.75. The van der Waals surface area contributed by atoms with Gasteiger partial charge in [-0.2, -0.15) is 4.31 Å². The molecule has 0 aromatic heterocycles. The second-order valence-corrected chi connectivity index (χ2v) is 11.4. The van der Waals surface area contributed by atoms with Crippen LogP contribution in [0.3, 0.4) is 0 Å². The highest BCUT2D eigenvalue weighted by Crippen LogP contribution is 2.28. The third-order valence-electron chi connectivity index (χ3n) is 5.57. The number of hydrogen-bond donors (Lipinski definition) is 1. The number of carbonyl (C=O) groups is 1.